The Morgan fingerprint density at radius 3 is 2.35 bits per heavy atom. The Kier molecular flexibility index (Phi) is 15.2. The molecule has 0 saturated carbocycles. The molecule has 1 unspecified atom stereocenters. The Morgan fingerprint density at radius 2 is 1.73 bits per heavy atom. The molecule has 1 rings (SSSR count). The highest BCUT2D eigenvalue weighted by molar-refractivity contribution is 14.0. The zero-order chi connectivity index (χ0) is 18.3. The molecule has 1 aromatic carbocycles. The van der Waals surface area contributed by atoms with Crippen molar-refractivity contribution in [1.29, 1.82) is 0 Å². The van der Waals surface area contributed by atoms with Crippen LogP contribution in [0.25, 0.3) is 0 Å². The van der Waals surface area contributed by atoms with Crippen LogP contribution in [-0.2, 0) is 4.74 Å². The van der Waals surface area contributed by atoms with Crippen LogP contribution in [0.2, 0.25) is 0 Å². The molecule has 150 valence electrons. The average molecular weight is 479 g/mol. The minimum Gasteiger partial charge on any atom is -0.497 e. The van der Waals surface area contributed by atoms with Gasteiger partial charge in [0.1, 0.15) is 17.6 Å². The first-order valence-electron chi connectivity index (χ1n) is 9.02. The first-order chi connectivity index (χ1) is 12.2. The van der Waals surface area contributed by atoms with Crippen LogP contribution in [0.4, 0.5) is 0 Å². The molecule has 2 N–H and O–H groups in total. The summed E-state index contributed by atoms with van der Waals surface area (Å²) in [4.78, 5) is 4.22. The van der Waals surface area contributed by atoms with Gasteiger partial charge >= 0.3 is 0 Å². The van der Waals surface area contributed by atoms with E-state index in [0.717, 1.165) is 50.1 Å². The lowest BCUT2D eigenvalue weighted by Crippen LogP contribution is -2.42. The van der Waals surface area contributed by atoms with E-state index in [4.69, 9.17) is 14.2 Å². The van der Waals surface area contributed by atoms with Crippen LogP contribution in [0.5, 0.6) is 11.5 Å². The van der Waals surface area contributed by atoms with Crippen molar-refractivity contribution < 1.29 is 14.2 Å². The molecule has 0 fully saturated rings. The van der Waals surface area contributed by atoms with Crippen molar-refractivity contribution >= 4 is 29.9 Å². The molecule has 1 aromatic rings. The van der Waals surface area contributed by atoms with Gasteiger partial charge in [-0.15, -0.1) is 24.0 Å². The van der Waals surface area contributed by atoms with Gasteiger partial charge in [-0.2, -0.15) is 0 Å². The third-order valence-electron chi connectivity index (χ3n) is 3.58. The van der Waals surface area contributed by atoms with Gasteiger partial charge < -0.3 is 24.8 Å². The smallest absolute Gasteiger partial charge is 0.191 e. The monoisotopic (exact) mass is 479 g/mol. The zero-order valence-electron chi connectivity index (χ0n) is 16.4. The molecule has 26 heavy (non-hydrogen) atoms. The maximum absolute atomic E-state index is 5.87. The molecule has 1 atom stereocenters. The Hall–Kier alpha value is -1.22. The number of benzene rings is 1. The summed E-state index contributed by atoms with van der Waals surface area (Å²) in [5.74, 6) is 2.42. The number of methoxy groups -OCH3 is 1. The third-order valence-corrected chi connectivity index (χ3v) is 3.58. The van der Waals surface area contributed by atoms with Gasteiger partial charge in [-0.25, -0.2) is 0 Å². The topological polar surface area (TPSA) is 64.1 Å². The van der Waals surface area contributed by atoms with Crippen LogP contribution in [0, 0.1) is 0 Å². The molecular weight excluding hydrogens is 445 g/mol. The van der Waals surface area contributed by atoms with Crippen LogP contribution in [0.3, 0.4) is 0 Å². The van der Waals surface area contributed by atoms with Crippen molar-refractivity contribution in [2.75, 3.05) is 40.5 Å². The Morgan fingerprint density at radius 1 is 1.08 bits per heavy atom. The van der Waals surface area contributed by atoms with Crippen molar-refractivity contribution in [2.45, 2.75) is 39.2 Å². The second-order valence-electron chi connectivity index (χ2n) is 5.80. The SMILES string of the molecule is CCCCOCCCNC(=NC)NCC(C)Oc1ccc(OC)cc1.I. The minimum absolute atomic E-state index is 0. The third kappa shape index (κ3) is 11.4. The highest BCUT2D eigenvalue weighted by atomic mass is 127. The van der Waals surface area contributed by atoms with Gasteiger partial charge in [0.05, 0.1) is 13.7 Å². The lowest BCUT2D eigenvalue weighted by atomic mass is 10.3. The molecule has 0 bridgehead atoms. The van der Waals surface area contributed by atoms with Crippen LogP contribution < -0.4 is 20.1 Å². The van der Waals surface area contributed by atoms with Gasteiger partial charge in [0.2, 0.25) is 0 Å². The van der Waals surface area contributed by atoms with Crippen molar-refractivity contribution in [3.63, 3.8) is 0 Å². The van der Waals surface area contributed by atoms with Crippen LogP contribution in [-0.4, -0.2) is 52.5 Å². The number of aliphatic imine (C=N–C) groups is 1. The van der Waals surface area contributed by atoms with Crippen LogP contribution in [0.15, 0.2) is 29.3 Å². The van der Waals surface area contributed by atoms with Crippen molar-refractivity contribution in [3.05, 3.63) is 24.3 Å². The molecule has 7 heteroatoms. The minimum atomic E-state index is 0. The molecule has 0 aliphatic carbocycles. The Labute approximate surface area is 175 Å². The predicted molar refractivity (Wildman–Crippen MR) is 118 cm³/mol. The molecule has 0 radical (unpaired) electrons. The fraction of sp³-hybridized carbons (Fsp3) is 0.632. The summed E-state index contributed by atoms with van der Waals surface area (Å²) in [6.45, 7) is 7.31. The van der Waals surface area contributed by atoms with E-state index < -0.39 is 0 Å². The van der Waals surface area contributed by atoms with Crippen molar-refractivity contribution in [1.82, 2.24) is 10.6 Å². The molecular formula is C19H34IN3O3. The van der Waals surface area contributed by atoms with E-state index >= 15 is 0 Å². The fourth-order valence-electron chi connectivity index (χ4n) is 2.12. The summed E-state index contributed by atoms with van der Waals surface area (Å²) in [6, 6.07) is 7.58. The average Bonchev–Trinajstić information content (AvgIpc) is 2.64. The van der Waals surface area contributed by atoms with E-state index in [1.54, 1.807) is 14.2 Å². The molecule has 0 aromatic heterocycles. The summed E-state index contributed by atoms with van der Waals surface area (Å²) >= 11 is 0. The number of nitrogens with zero attached hydrogens (tertiary/aromatic N) is 1. The molecule has 0 aliphatic heterocycles. The number of nitrogens with one attached hydrogen (secondary N) is 2. The van der Waals surface area contributed by atoms with Gasteiger partial charge in [0.25, 0.3) is 0 Å². The van der Waals surface area contributed by atoms with Gasteiger partial charge in [-0.3, -0.25) is 4.99 Å². The molecule has 0 heterocycles. The number of guanidine groups is 1. The van der Waals surface area contributed by atoms with E-state index in [0.29, 0.717) is 6.54 Å². The standard InChI is InChI=1S/C19H33N3O3.HI/c1-5-6-13-24-14-7-12-21-19(20-3)22-15-16(2)25-18-10-8-17(23-4)9-11-18;/h8-11,16H,5-7,12-15H2,1-4H3,(H2,20,21,22);1H. The highest BCUT2D eigenvalue weighted by Crippen LogP contribution is 2.17. The van der Waals surface area contributed by atoms with Crippen LogP contribution >= 0.6 is 24.0 Å². The number of unbranched alkanes of at least 4 members (excludes halogenated alkanes) is 1. The second kappa shape index (κ2) is 16.0. The van der Waals surface area contributed by atoms with Gasteiger partial charge in [0, 0.05) is 26.8 Å². The zero-order valence-corrected chi connectivity index (χ0v) is 18.7. The fourth-order valence-corrected chi connectivity index (χ4v) is 2.12. The first-order valence-corrected chi connectivity index (χ1v) is 9.02. The van der Waals surface area contributed by atoms with E-state index in [1.807, 2.05) is 31.2 Å². The summed E-state index contributed by atoms with van der Waals surface area (Å²) < 4.78 is 16.6. The van der Waals surface area contributed by atoms with Crippen LogP contribution in [0.1, 0.15) is 33.1 Å². The Balaban J connectivity index is 0.00000625. The van der Waals surface area contributed by atoms with Gasteiger partial charge in [-0.05, 0) is 44.0 Å². The molecule has 0 aliphatic rings. The molecule has 0 spiro atoms. The number of rotatable bonds is 12. The largest absolute Gasteiger partial charge is 0.497 e. The van der Waals surface area contributed by atoms with Crippen molar-refractivity contribution in [2.24, 2.45) is 4.99 Å². The summed E-state index contributed by atoms with van der Waals surface area (Å²) in [7, 11) is 3.42. The van der Waals surface area contributed by atoms with Gasteiger partial charge in [-0.1, -0.05) is 13.3 Å². The highest BCUT2D eigenvalue weighted by Gasteiger charge is 2.06. The van der Waals surface area contributed by atoms with Gasteiger partial charge in [0.15, 0.2) is 5.96 Å². The van der Waals surface area contributed by atoms with E-state index in [9.17, 15) is 0 Å². The maximum Gasteiger partial charge on any atom is 0.191 e. The lowest BCUT2D eigenvalue weighted by Gasteiger charge is -2.18. The summed E-state index contributed by atoms with van der Waals surface area (Å²) in [5.41, 5.74) is 0. The molecule has 0 saturated heterocycles. The molecule has 0 amide bonds. The van der Waals surface area contributed by atoms with E-state index in [1.165, 1.54) is 6.42 Å². The summed E-state index contributed by atoms with van der Waals surface area (Å²) in [5, 5.41) is 6.55. The number of ether oxygens (including phenoxy) is 3. The van der Waals surface area contributed by atoms with E-state index in [-0.39, 0.29) is 30.1 Å². The number of hydrogen-bond acceptors (Lipinski definition) is 4. The number of halogens is 1. The molecule has 6 nitrogen and oxygen atoms in total. The maximum atomic E-state index is 5.87. The predicted octanol–water partition coefficient (Wildman–Crippen LogP) is 3.45. The van der Waals surface area contributed by atoms with Crippen molar-refractivity contribution in [3.8, 4) is 11.5 Å². The first kappa shape index (κ1) is 24.8. The normalized spacial score (nSPS) is 12.1. The Bertz CT molecular complexity index is 483. The lowest BCUT2D eigenvalue weighted by molar-refractivity contribution is 0.129. The second-order valence-corrected chi connectivity index (χ2v) is 5.80. The quantitative estimate of drug-likeness (QED) is 0.208. The summed E-state index contributed by atoms with van der Waals surface area (Å²) in [6.07, 6.45) is 3.28. The number of hydrogen-bond donors (Lipinski definition) is 2. The van der Waals surface area contributed by atoms with E-state index in [2.05, 4.69) is 22.5 Å².